The van der Waals surface area contributed by atoms with Crippen molar-refractivity contribution < 1.29 is 27.8 Å². The summed E-state index contributed by atoms with van der Waals surface area (Å²) in [4.78, 5) is 23.3. The van der Waals surface area contributed by atoms with E-state index in [9.17, 15) is 22.8 Å². The molecular formula is C13H9F3N2O4. The molecule has 0 bridgehead atoms. The van der Waals surface area contributed by atoms with Crippen molar-refractivity contribution in [1.29, 1.82) is 0 Å². The summed E-state index contributed by atoms with van der Waals surface area (Å²) in [5, 5.41) is 9.95. The summed E-state index contributed by atoms with van der Waals surface area (Å²) in [5.41, 5.74) is -1.73. The minimum Gasteiger partial charge on any atom is -0.477 e. The van der Waals surface area contributed by atoms with Crippen molar-refractivity contribution in [2.75, 3.05) is 25.0 Å². The van der Waals surface area contributed by atoms with E-state index < -0.39 is 41.0 Å². The Labute approximate surface area is 120 Å². The van der Waals surface area contributed by atoms with Crippen LogP contribution in [0.5, 0.6) is 5.75 Å². The molecule has 1 aromatic heterocycles. The van der Waals surface area contributed by atoms with E-state index >= 15 is 0 Å². The highest BCUT2D eigenvalue weighted by Gasteiger charge is 2.28. The molecular weight excluding hydrogens is 305 g/mol. The molecule has 6 nitrogen and oxygen atoms in total. The van der Waals surface area contributed by atoms with Gasteiger partial charge in [-0.3, -0.25) is 14.5 Å². The molecule has 9 heteroatoms. The summed E-state index contributed by atoms with van der Waals surface area (Å²) in [5.74, 6) is -4.64. The van der Waals surface area contributed by atoms with Gasteiger partial charge in [-0.05, 0) is 6.07 Å². The monoisotopic (exact) mass is 314 g/mol. The van der Waals surface area contributed by atoms with Crippen LogP contribution >= 0.6 is 0 Å². The lowest BCUT2D eigenvalue weighted by atomic mass is 10.1. The fraction of sp³-hybridized carbons (Fsp3) is 0.231. The summed E-state index contributed by atoms with van der Waals surface area (Å²) in [6, 6.07) is 0.613. The highest BCUT2D eigenvalue weighted by Crippen LogP contribution is 2.32. The third-order valence-corrected chi connectivity index (χ3v) is 3.36. The van der Waals surface area contributed by atoms with E-state index in [1.807, 2.05) is 0 Å². The lowest BCUT2D eigenvalue weighted by Crippen LogP contribution is -2.44. The quantitative estimate of drug-likeness (QED) is 0.923. The molecule has 3 rings (SSSR count). The summed E-state index contributed by atoms with van der Waals surface area (Å²) < 4.78 is 46.2. The second-order valence-electron chi connectivity index (χ2n) is 4.61. The summed E-state index contributed by atoms with van der Waals surface area (Å²) in [7, 11) is 0. The Kier molecular flexibility index (Phi) is 3.19. The van der Waals surface area contributed by atoms with Gasteiger partial charge in [0.1, 0.15) is 17.8 Å². The Bertz CT molecular complexity index is 850. The minimum absolute atomic E-state index is 0.131. The minimum atomic E-state index is -1.52. The Morgan fingerprint density at radius 1 is 1.41 bits per heavy atom. The molecule has 2 heterocycles. The molecule has 0 atom stereocenters. The zero-order valence-electron chi connectivity index (χ0n) is 11.0. The summed E-state index contributed by atoms with van der Waals surface area (Å²) in [6.07, 6.45) is 0.950. The fourth-order valence-electron chi connectivity index (χ4n) is 2.36. The topological polar surface area (TPSA) is 71.8 Å². The van der Waals surface area contributed by atoms with E-state index in [1.54, 1.807) is 0 Å². The molecule has 22 heavy (non-hydrogen) atoms. The van der Waals surface area contributed by atoms with Gasteiger partial charge in [0.15, 0.2) is 18.3 Å². The van der Waals surface area contributed by atoms with Crippen molar-refractivity contribution in [1.82, 2.24) is 4.68 Å². The molecule has 0 saturated heterocycles. The number of aromatic carboxylic acids is 1. The van der Waals surface area contributed by atoms with Gasteiger partial charge in [0.25, 0.3) is 0 Å². The smallest absolute Gasteiger partial charge is 0.341 e. The first-order valence-electron chi connectivity index (χ1n) is 6.20. The molecule has 1 aliphatic rings. The SMILES string of the molecule is O=C(O)c1cn2c3c(c(F)c(F)cc3c1=O)OCN2CCF. The second-order valence-corrected chi connectivity index (χ2v) is 4.61. The van der Waals surface area contributed by atoms with E-state index in [-0.39, 0.29) is 24.2 Å². The number of aromatic nitrogens is 1. The number of ether oxygens (including phenoxy) is 1. The molecule has 0 radical (unpaired) electrons. The van der Waals surface area contributed by atoms with Crippen LogP contribution in [0.4, 0.5) is 13.2 Å². The van der Waals surface area contributed by atoms with E-state index in [1.165, 1.54) is 5.01 Å². The number of rotatable bonds is 3. The number of carboxylic acid groups (broad SMARTS) is 1. The molecule has 2 aromatic rings. The molecule has 1 N–H and O–H groups in total. The number of pyridine rings is 1. The summed E-state index contributed by atoms with van der Waals surface area (Å²) in [6.45, 7) is -1.26. The standard InChI is InChI=1S/C13H9F3N2O4/c14-1-2-17-5-22-12-9(16)8(15)3-6-10(12)18(17)4-7(11(6)19)13(20)21/h3-4H,1-2,5H2,(H,20,21). The van der Waals surface area contributed by atoms with Gasteiger partial charge in [-0.1, -0.05) is 0 Å². The molecule has 0 fully saturated rings. The van der Waals surface area contributed by atoms with Gasteiger partial charge in [0, 0.05) is 6.20 Å². The number of halogens is 3. The van der Waals surface area contributed by atoms with E-state index in [2.05, 4.69) is 0 Å². The zero-order valence-corrected chi connectivity index (χ0v) is 11.0. The van der Waals surface area contributed by atoms with Crippen molar-refractivity contribution in [2.45, 2.75) is 0 Å². The highest BCUT2D eigenvalue weighted by molar-refractivity contribution is 5.94. The third-order valence-electron chi connectivity index (χ3n) is 3.36. The largest absolute Gasteiger partial charge is 0.477 e. The number of nitrogens with zero attached hydrogens (tertiary/aromatic N) is 2. The van der Waals surface area contributed by atoms with Crippen LogP contribution in [-0.2, 0) is 0 Å². The number of carboxylic acids is 1. The Hall–Kier alpha value is -2.71. The maximum absolute atomic E-state index is 13.8. The van der Waals surface area contributed by atoms with Crippen LogP contribution in [0.15, 0.2) is 17.1 Å². The number of hydrogen-bond donors (Lipinski definition) is 1. The van der Waals surface area contributed by atoms with Crippen molar-refractivity contribution in [3.63, 3.8) is 0 Å². The van der Waals surface area contributed by atoms with Gasteiger partial charge >= 0.3 is 5.97 Å². The molecule has 0 spiro atoms. The van der Waals surface area contributed by atoms with E-state index in [0.717, 1.165) is 10.9 Å². The Morgan fingerprint density at radius 3 is 2.77 bits per heavy atom. The highest BCUT2D eigenvalue weighted by atomic mass is 19.2. The molecule has 0 aliphatic carbocycles. The van der Waals surface area contributed by atoms with Gasteiger partial charge in [0.2, 0.25) is 11.2 Å². The predicted octanol–water partition coefficient (Wildman–Crippen LogP) is 1.24. The van der Waals surface area contributed by atoms with Crippen LogP contribution in [-0.4, -0.2) is 35.7 Å². The van der Waals surface area contributed by atoms with Gasteiger partial charge in [-0.2, -0.15) is 4.39 Å². The third kappa shape index (κ3) is 1.89. The lowest BCUT2D eigenvalue weighted by Gasteiger charge is -2.32. The van der Waals surface area contributed by atoms with Crippen molar-refractivity contribution >= 4 is 16.9 Å². The Morgan fingerprint density at radius 2 is 2.14 bits per heavy atom. The zero-order chi connectivity index (χ0) is 16.0. The fourth-order valence-corrected chi connectivity index (χ4v) is 2.36. The average Bonchev–Trinajstić information content (AvgIpc) is 2.48. The molecule has 1 aliphatic heterocycles. The maximum Gasteiger partial charge on any atom is 0.341 e. The van der Waals surface area contributed by atoms with Crippen LogP contribution in [0.3, 0.4) is 0 Å². The maximum atomic E-state index is 13.8. The first-order chi connectivity index (χ1) is 10.5. The second kappa shape index (κ2) is 4.93. The number of hydrogen-bond acceptors (Lipinski definition) is 4. The van der Waals surface area contributed by atoms with E-state index in [4.69, 9.17) is 9.84 Å². The molecule has 0 unspecified atom stereocenters. The van der Waals surface area contributed by atoms with Crippen molar-refractivity contribution in [3.05, 3.63) is 39.7 Å². The Balaban J connectivity index is 2.46. The van der Waals surface area contributed by atoms with Crippen LogP contribution in [0.25, 0.3) is 10.9 Å². The number of benzene rings is 1. The molecule has 0 amide bonds. The van der Waals surface area contributed by atoms with E-state index in [0.29, 0.717) is 6.07 Å². The van der Waals surface area contributed by atoms with Crippen LogP contribution in [0.2, 0.25) is 0 Å². The molecule has 0 saturated carbocycles. The predicted molar refractivity (Wildman–Crippen MR) is 69.6 cm³/mol. The normalized spacial score (nSPS) is 13.3. The van der Waals surface area contributed by atoms with Gasteiger partial charge < -0.3 is 9.84 Å². The van der Waals surface area contributed by atoms with Crippen LogP contribution < -0.4 is 15.2 Å². The van der Waals surface area contributed by atoms with Crippen LogP contribution in [0, 0.1) is 11.6 Å². The first-order valence-corrected chi connectivity index (χ1v) is 6.20. The first kappa shape index (κ1) is 14.2. The average molecular weight is 314 g/mol. The van der Waals surface area contributed by atoms with Gasteiger partial charge in [-0.15, -0.1) is 0 Å². The number of carbonyl (C=O) groups is 1. The lowest BCUT2D eigenvalue weighted by molar-refractivity contribution is 0.0694. The van der Waals surface area contributed by atoms with Crippen LogP contribution in [0.1, 0.15) is 10.4 Å². The van der Waals surface area contributed by atoms with Crippen molar-refractivity contribution in [2.24, 2.45) is 0 Å². The summed E-state index contributed by atoms with van der Waals surface area (Å²) >= 11 is 0. The van der Waals surface area contributed by atoms with Gasteiger partial charge in [-0.25, -0.2) is 13.6 Å². The number of alkyl halides is 1. The van der Waals surface area contributed by atoms with Crippen molar-refractivity contribution in [3.8, 4) is 5.75 Å². The molecule has 1 aromatic carbocycles. The molecule has 116 valence electrons. The van der Waals surface area contributed by atoms with Gasteiger partial charge in [0.05, 0.1) is 11.9 Å².